The van der Waals surface area contributed by atoms with E-state index in [0.717, 1.165) is 16.4 Å². The van der Waals surface area contributed by atoms with Gasteiger partial charge in [0.2, 0.25) is 0 Å². The number of piperidine rings is 1. The molecule has 3 aromatic rings. The summed E-state index contributed by atoms with van der Waals surface area (Å²) in [7, 11) is 1.41. The number of anilines is 1. The Morgan fingerprint density at radius 3 is 2.25 bits per heavy atom. The van der Waals surface area contributed by atoms with Gasteiger partial charge in [0.1, 0.15) is 5.75 Å². The standard InChI is InChI=1S/C23H26N2O5S2/c1-28-17-5-7-18(8-6-17)32(26,27)19-10-12-25(13-11-19)23-24-20(15-31-23)16-4-9-21(29-2)22(14-16)30-3/h4-9,14-15,19H,10-13H2,1-3H3. The van der Waals surface area contributed by atoms with Crippen molar-refractivity contribution in [2.75, 3.05) is 39.3 Å². The number of thiazole rings is 1. The third-order valence-electron chi connectivity index (χ3n) is 5.71. The number of hydrogen-bond donors (Lipinski definition) is 0. The van der Waals surface area contributed by atoms with Gasteiger partial charge in [-0.2, -0.15) is 0 Å². The normalized spacial score (nSPS) is 14.9. The molecule has 1 fully saturated rings. The third-order valence-corrected chi connectivity index (χ3v) is 8.89. The summed E-state index contributed by atoms with van der Waals surface area (Å²) in [5, 5.41) is 2.52. The molecule has 1 aliphatic heterocycles. The Kier molecular flexibility index (Phi) is 6.57. The van der Waals surface area contributed by atoms with Crippen LogP contribution in [0.5, 0.6) is 17.2 Å². The molecule has 0 bridgehead atoms. The summed E-state index contributed by atoms with van der Waals surface area (Å²) in [5.74, 6) is 1.98. The smallest absolute Gasteiger partial charge is 0.185 e. The molecule has 7 nitrogen and oxygen atoms in total. The number of methoxy groups -OCH3 is 3. The first-order valence-corrected chi connectivity index (χ1v) is 12.7. The fourth-order valence-corrected chi connectivity index (χ4v) is 6.47. The topological polar surface area (TPSA) is 78.0 Å². The van der Waals surface area contributed by atoms with E-state index in [1.807, 2.05) is 23.6 Å². The molecule has 32 heavy (non-hydrogen) atoms. The molecule has 9 heteroatoms. The summed E-state index contributed by atoms with van der Waals surface area (Å²) in [4.78, 5) is 7.29. The molecule has 1 aliphatic rings. The van der Waals surface area contributed by atoms with Gasteiger partial charge in [0.05, 0.1) is 37.2 Å². The summed E-state index contributed by atoms with van der Waals surface area (Å²) in [6.45, 7) is 1.30. The van der Waals surface area contributed by atoms with Crippen LogP contribution in [0.2, 0.25) is 0 Å². The van der Waals surface area contributed by atoms with Crippen LogP contribution in [0.25, 0.3) is 11.3 Å². The van der Waals surface area contributed by atoms with E-state index in [9.17, 15) is 8.42 Å². The second-order valence-corrected chi connectivity index (χ2v) is 10.6. The Balaban J connectivity index is 1.44. The predicted octanol–water partition coefficient (Wildman–Crippen LogP) is 4.28. The minimum Gasteiger partial charge on any atom is -0.497 e. The molecule has 170 valence electrons. The van der Waals surface area contributed by atoms with E-state index in [1.165, 1.54) is 0 Å². The zero-order valence-corrected chi connectivity index (χ0v) is 19.9. The highest BCUT2D eigenvalue weighted by Gasteiger charge is 2.32. The number of rotatable bonds is 7. The molecule has 2 heterocycles. The van der Waals surface area contributed by atoms with Crippen molar-refractivity contribution in [1.29, 1.82) is 0 Å². The largest absolute Gasteiger partial charge is 0.497 e. The molecule has 0 atom stereocenters. The van der Waals surface area contributed by atoms with Gasteiger partial charge in [-0.15, -0.1) is 11.3 Å². The van der Waals surface area contributed by atoms with Crippen LogP contribution in [0.15, 0.2) is 52.7 Å². The minimum atomic E-state index is -3.37. The van der Waals surface area contributed by atoms with Crippen molar-refractivity contribution in [3.8, 4) is 28.5 Å². The maximum absolute atomic E-state index is 13.0. The fourth-order valence-electron chi connectivity index (χ4n) is 3.85. The van der Waals surface area contributed by atoms with Crippen LogP contribution in [0.1, 0.15) is 12.8 Å². The van der Waals surface area contributed by atoms with Gasteiger partial charge >= 0.3 is 0 Å². The summed E-state index contributed by atoms with van der Waals surface area (Å²) < 4.78 is 41.9. The molecular weight excluding hydrogens is 448 g/mol. The van der Waals surface area contributed by atoms with Crippen molar-refractivity contribution in [3.63, 3.8) is 0 Å². The highest BCUT2D eigenvalue weighted by Crippen LogP contribution is 2.35. The number of ether oxygens (including phenoxy) is 3. The van der Waals surface area contributed by atoms with Gasteiger partial charge in [0.15, 0.2) is 26.5 Å². The third kappa shape index (κ3) is 4.40. The van der Waals surface area contributed by atoms with Crippen LogP contribution < -0.4 is 19.1 Å². The molecular formula is C23H26N2O5S2. The Hall–Kier alpha value is -2.78. The van der Waals surface area contributed by atoms with E-state index in [1.54, 1.807) is 56.9 Å². The maximum atomic E-state index is 13.0. The molecule has 0 amide bonds. The summed E-state index contributed by atoms with van der Waals surface area (Å²) in [6.07, 6.45) is 1.14. The average molecular weight is 475 g/mol. The number of sulfone groups is 1. The van der Waals surface area contributed by atoms with Gasteiger partial charge in [-0.3, -0.25) is 0 Å². The van der Waals surface area contributed by atoms with E-state index in [4.69, 9.17) is 19.2 Å². The van der Waals surface area contributed by atoms with Crippen LogP contribution in [0.3, 0.4) is 0 Å². The van der Waals surface area contributed by atoms with Crippen LogP contribution in [-0.2, 0) is 9.84 Å². The molecule has 2 aromatic carbocycles. The Labute approximate surface area is 192 Å². The second kappa shape index (κ2) is 9.38. The summed E-state index contributed by atoms with van der Waals surface area (Å²) in [5.41, 5.74) is 1.81. The van der Waals surface area contributed by atoms with E-state index in [2.05, 4.69) is 4.90 Å². The van der Waals surface area contributed by atoms with Crippen molar-refractivity contribution < 1.29 is 22.6 Å². The maximum Gasteiger partial charge on any atom is 0.185 e. The Morgan fingerprint density at radius 2 is 1.62 bits per heavy atom. The molecule has 0 aliphatic carbocycles. The van der Waals surface area contributed by atoms with Crippen molar-refractivity contribution in [1.82, 2.24) is 4.98 Å². The summed E-state index contributed by atoms with van der Waals surface area (Å²) in [6, 6.07) is 12.3. The van der Waals surface area contributed by atoms with E-state index < -0.39 is 15.1 Å². The SMILES string of the molecule is COc1ccc(S(=O)(=O)C2CCN(c3nc(-c4ccc(OC)c(OC)c4)cs3)CC2)cc1. The van der Waals surface area contributed by atoms with Crippen molar-refractivity contribution in [3.05, 3.63) is 47.8 Å². The lowest BCUT2D eigenvalue weighted by Gasteiger charge is -2.31. The second-order valence-electron chi connectivity index (χ2n) is 7.49. The monoisotopic (exact) mass is 474 g/mol. The van der Waals surface area contributed by atoms with E-state index in [-0.39, 0.29) is 0 Å². The number of benzene rings is 2. The molecule has 0 unspecified atom stereocenters. The molecule has 4 rings (SSSR count). The quantitative estimate of drug-likeness (QED) is 0.506. The zero-order chi connectivity index (χ0) is 22.7. The number of aromatic nitrogens is 1. The molecule has 0 radical (unpaired) electrons. The predicted molar refractivity (Wildman–Crippen MR) is 126 cm³/mol. The molecule has 1 saturated heterocycles. The first-order valence-electron chi connectivity index (χ1n) is 10.3. The first-order chi connectivity index (χ1) is 15.5. The number of nitrogens with zero attached hydrogens (tertiary/aromatic N) is 2. The minimum absolute atomic E-state index is 0.349. The lowest BCUT2D eigenvalue weighted by molar-refractivity contribution is 0.355. The van der Waals surface area contributed by atoms with Gasteiger partial charge in [-0.25, -0.2) is 13.4 Å². The zero-order valence-electron chi connectivity index (χ0n) is 18.3. The van der Waals surface area contributed by atoms with Crippen molar-refractivity contribution in [2.45, 2.75) is 23.0 Å². The van der Waals surface area contributed by atoms with Crippen LogP contribution >= 0.6 is 11.3 Å². The van der Waals surface area contributed by atoms with Gasteiger partial charge in [-0.05, 0) is 55.3 Å². The summed E-state index contributed by atoms with van der Waals surface area (Å²) >= 11 is 1.56. The van der Waals surface area contributed by atoms with Gasteiger partial charge in [0.25, 0.3) is 0 Å². The molecule has 0 N–H and O–H groups in total. The Bertz CT molecular complexity index is 1170. The molecule has 0 spiro atoms. The van der Waals surface area contributed by atoms with Gasteiger partial charge in [0, 0.05) is 24.0 Å². The van der Waals surface area contributed by atoms with E-state index >= 15 is 0 Å². The highest BCUT2D eigenvalue weighted by molar-refractivity contribution is 7.92. The van der Waals surface area contributed by atoms with Crippen molar-refractivity contribution >= 4 is 26.3 Å². The van der Waals surface area contributed by atoms with Gasteiger partial charge < -0.3 is 19.1 Å². The van der Waals surface area contributed by atoms with Crippen LogP contribution in [0.4, 0.5) is 5.13 Å². The van der Waals surface area contributed by atoms with Crippen LogP contribution in [-0.4, -0.2) is 53.1 Å². The number of hydrogen-bond acceptors (Lipinski definition) is 8. The highest BCUT2D eigenvalue weighted by atomic mass is 32.2. The fraction of sp³-hybridized carbons (Fsp3) is 0.348. The molecule has 1 aromatic heterocycles. The average Bonchev–Trinajstić information content (AvgIpc) is 3.34. The Morgan fingerprint density at radius 1 is 0.938 bits per heavy atom. The van der Waals surface area contributed by atoms with Crippen molar-refractivity contribution in [2.24, 2.45) is 0 Å². The first kappa shape index (κ1) is 22.4. The lowest BCUT2D eigenvalue weighted by Crippen LogP contribution is -2.39. The van der Waals surface area contributed by atoms with E-state index in [0.29, 0.717) is 48.1 Å². The lowest BCUT2D eigenvalue weighted by atomic mass is 10.1. The van der Waals surface area contributed by atoms with Crippen LogP contribution in [0, 0.1) is 0 Å². The van der Waals surface area contributed by atoms with Gasteiger partial charge in [-0.1, -0.05) is 0 Å². The molecule has 0 saturated carbocycles.